The Morgan fingerprint density at radius 2 is 1.20 bits per heavy atom. The van der Waals surface area contributed by atoms with E-state index in [-0.39, 0.29) is 5.92 Å². The van der Waals surface area contributed by atoms with Crippen LogP contribution in [0.1, 0.15) is 22.6 Å². The lowest BCUT2D eigenvalue weighted by molar-refractivity contribution is 0.669. The number of benzene rings is 7. The van der Waals surface area contributed by atoms with E-state index < -0.39 is 0 Å². The summed E-state index contributed by atoms with van der Waals surface area (Å²) in [6.07, 6.45) is 4.64. The summed E-state index contributed by atoms with van der Waals surface area (Å²) in [7, 11) is 0. The predicted molar refractivity (Wildman–Crippen MR) is 207 cm³/mol. The van der Waals surface area contributed by atoms with Crippen LogP contribution in [0, 0.1) is 0 Å². The Kier molecular flexibility index (Phi) is 6.63. The molecule has 0 N–H and O–H groups in total. The van der Waals surface area contributed by atoms with Crippen molar-refractivity contribution in [1.82, 2.24) is 4.98 Å². The molecule has 7 aromatic carbocycles. The van der Waals surface area contributed by atoms with Gasteiger partial charge in [0.05, 0.1) is 5.69 Å². The molecule has 10 rings (SSSR count). The Morgan fingerprint density at radius 1 is 0.500 bits per heavy atom. The highest BCUT2D eigenvalue weighted by Crippen LogP contribution is 2.47. The molecule has 0 aliphatic heterocycles. The van der Waals surface area contributed by atoms with Gasteiger partial charge in [-0.05, 0) is 81.6 Å². The molecule has 2 aromatic heterocycles. The second-order valence-electron chi connectivity index (χ2n) is 13.1. The minimum Gasteiger partial charge on any atom is -0.455 e. The SMILES string of the molecule is c1ccc(N(c2ccc(-c3cccc4c3oc3ccncc34)cc2)c2ccc(C3Cc4ccccc4-c4ccccc43)c3ccccc23)cc1. The van der Waals surface area contributed by atoms with Gasteiger partial charge in [-0.3, -0.25) is 4.98 Å². The Hall–Kier alpha value is -6.45. The molecular formula is C47H32N2O. The summed E-state index contributed by atoms with van der Waals surface area (Å²) in [4.78, 5) is 6.72. The van der Waals surface area contributed by atoms with Gasteiger partial charge in [0.25, 0.3) is 0 Å². The monoisotopic (exact) mass is 640 g/mol. The molecule has 2 heterocycles. The van der Waals surface area contributed by atoms with E-state index in [9.17, 15) is 0 Å². The van der Waals surface area contributed by atoms with Gasteiger partial charge in [0.2, 0.25) is 0 Å². The molecule has 0 radical (unpaired) electrons. The highest BCUT2D eigenvalue weighted by Gasteiger charge is 2.28. The third kappa shape index (κ3) is 4.55. The minimum absolute atomic E-state index is 0.265. The first-order valence-corrected chi connectivity index (χ1v) is 17.2. The summed E-state index contributed by atoms with van der Waals surface area (Å²) in [5.41, 5.74) is 14.1. The third-order valence-corrected chi connectivity index (χ3v) is 10.4. The Morgan fingerprint density at radius 3 is 2.08 bits per heavy atom. The summed E-state index contributed by atoms with van der Waals surface area (Å²) < 4.78 is 6.35. The van der Waals surface area contributed by atoms with Crippen LogP contribution in [0.5, 0.6) is 0 Å². The van der Waals surface area contributed by atoms with Crippen LogP contribution in [0.15, 0.2) is 181 Å². The van der Waals surface area contributed by atoms with Gasteiger partial charge in [0.15, 0.2) is 0 Å². The number of aromatic nitrogens is 1. The first-order chi connectivity index (χ1) is 24.8. The van der Waals surface area contributed by atoms with E-state index in [0.29, 0.717) is 0 Å². The molecule has 236 valence electrons. The van der Waals surface area contributed by atoms with Gasteiger partial charge in [-0.15, -0.1) is 0 Å². The van der Waals surface area contributed by atoms with Gasteiger partial charge in [-0.25, -0.2) is 0 Å². The Labute approximate surface area is 290 Å². The van der Waals surface area contributed by atoms with Crippen molar-refractivity contribution in [1.29, 1.82) is 0 Å². The average Bonchev–Trinajstić information content (AvgIpc) is 3.58. The number of hydrogen-bond donors (Lipinski definition) is 0. The fourth-order valence-corrected chi connectivity index (χ4v) is 8.08. The topological polar surface area (TPSA) is 29.3 Å². The summed E-state index contributed by atoms with van der Waals surface area (Å²) >= 11 is 0. The molecule has 3 heteroatoms. The molecule has 50 heavy (non-hydrogen) atoms. The molecule has 1 atom stereocenters. The number of para-hydroxylation sites is 2. The molecule has 9 aromatic rings. The molecule has 0 spiro atoms. The maximum absolute atomic E-state index is 6.35. The van der Waals surface area contributed by atoms with Gasteiger partial charge in [-0.1, -0.05) is 127 Å². The minimum atomic E-state index is 0.265. The van der Waals surface area contributed by atoms with Gasteiger partial charge < -0.3 is 9.32 Å². The van der Waals surface area contributed by atoms with Crippen molar-refractivity contribution in [2.75, 3.05) is 4.90 Å². The standard InChI is InChI=1S/C47H32N2O/c1-2-12-33(13-3-1)49(34-23-21-31(22-24-34)36-19-10-20-42-44-30-48-28-27-46(44)50-47(36)42)45-26-25-40(38-16-8-9-18-41(38)45)43-29-32-11-4-5-14-35(32)37-15-6-7-17-39(37)43/h1-28,30,43H,29H2. The van der Waals surface area contributed by atoms with Crippen molar-refractivity contribution in [2.24, 2.45) is 0 Å². The maximum Gasteiger partial charge on any atom is 0.143 e. The van der Waals surface area contributed by atoms with Crippen LogP contribution in [-0.4, -0.2) is 4.98 Å². The smallest absolute Gasteiger partial charge is 0.143 e. The van der Waals surface area contributed by atoms with E-state index in [2.05, 4.69) is 168 Å². The zero-order chi connectivity index (χ0) is 33.0. The number of nitrogens with zero attached hydrogens (tertiary/aromatic N) is 2. The van der Waals surface area contributed by atoms with Crippen molar-refractivity contribution in [3.63, 3.8) is 0 Å². The van der Waals surface area contributed by atoms with Crippen molar-refractivity contribution in [3.8, 4) is 22.3 Å². The highest BCUT2D eigenvalue weighted by atomic mass is 16.3. The van der Waals surface area contributed by atoms with Gasteiger partial charge in [-0.2, -0.15) is 0 Å². The number of hydrogen-bond acceptors (Lipinski definition) is 3. The lowest BCUT2D eigenvalue weighted by Crippen LogP contribution is -2.14. The van der Waals surface area contributed by atoms with E-state index in [1.807, 2.05) is 12.3 Å². The number of anilines is 3. The van der Waals surface area contributed by atoms with Crippen LogP contribution in [0.25, 0.3) is 55.0 Å². The number of furan rings is 1. The Bertz CT molecular complexity index is 2690. The van der Waals surface area contributed by atoms with Crippen molar-refractivity contribution < 1.29 is 4.42 Å². The Balaban J connectivity index is 1.10. The number of fused-ring (bicyclic) bond motifs is 7. The summed E-state index contributed by atoms with van der Waals surface area (Å²) in [5, 5.41) is 4.63. The highest BCUT2D eigenvalue weighted by molar-refractivity contribution is 6.09. The van der Waals surface area contributed by atoms with Crippen LogP contribution in [-0.2, 0) is 6.42 Å². The van der Waals surface area contributed by atoms with Crippen LogP contribution >= 0.6 is 0 Å². The average molecular weight is 641 g/mol. The lowest BCUT2D eigenvalue weighted by atomic mass is 9.74. The van der Waals surface area contributed by atoms with Crippen LogP contribution in [0.4, 0.5) is 17.1 Å². The van der Waals surface area contributed by atoms with Crippen LogP contribution < -0.4 is 4.90 Å². The maximum atomic E-state index is 6.35. The van der Waals surface area contributed by atoms with Crippen molar-refractivity contribution in [3.05, 3.63) is 193 Å². The van der Waals surface area contributed by atoms with E-state index >= 15 is 0 Å². The second-order valence-corrected chi connectivity index (χ2v) is 13.1. The van der Waals surface area contributed by atoms with Crippen LogP contribution in [0.3, 0.4) is 0 Å². The molecule has 0 saturated heterocycles. The largest absolute Gasteiger partial charge is 0.455 e. The fourth-order valence-electron chi connectivity index (χ4n) is 8.08. The molecule has 0 amide bonds. The number of pyridine rings is 1. The molecular weight excluding hydrogens is 609 g/mol. The first-order valence-electron chi connectivity index (χ1n) is 17.2. The zero-order valence-electron chi connectivity index (χ0n) is 27.3. The normalized spacial score (nSPS) is 13.7. The van der Waals surface area contributed by atoms with E-state index in [0.717, 1.165) is 56.5 Å². The van der Waals surface area contributed by atoms with Gasteiger partial charge >= 0.3 is 0 Å². The van der Waals surface area contributed by atoms with Gasteiger partial charge in [0, 0.05) is 51.4 Å². The lowest BCUT2D eigenvalue weighted by Gasteiger charge is -2.31. The summed E-state index contributed by atoms with van der Waals surface area (Å²) in [6.45, 7) is 0. The molecule has 1 unspecified atom stereocenters. The zero-order valence-corrected chi connectivity index (χ0v) is 27.3. The molecule has 1 aliphatic rings. The summed E-state index contributed by atoms with van der Waals surface area (Å²) in [6, 6.07) is 59.3. The van der Waals surface area contributed by atoms with Crippen molar-refractivity contribution in [2.45, 2.75) is 12.3 Å². The van der Waals surface area contributed by atoms with Crippen LogP contribution in [0.2, 0.25) is 0 Å². The molecule has 3 nitrogen and oxygen atoms in total. The molecule has 0 saturated carbocycles. The van der Waals surface area contributed by atoms with E-state index in [4.69, 9.17) is 4.42 Å². The molecule has 0 fully saturated rings. The number of rotatable bonds is 5. The van der Waals surface area contributed by atoms with E-state index in [1.165, 1.54) is 38.6 Å². The second kappa shape index (κ2) is 11.6. The first kappa shape index (κ1) is 28.6. The van der Waals surface area contributed by atoms with Crippen molar-refractivity contribution >= 4 is 49.8 Å². The molecule has 0 bridgehead atoms. The summed E-state index contributed by atoms with van der Waals surface area (Å²) in [5.74, 6) is 0.265. The fraction of sp³-hybridized carbons (Fsp3) is 0.0426. The predicted octanol–water partition coefficient (Wildman–Crippen LogP) is 12.6. The molecule has 1 aliphatic carbocycles. The van der Waals surface area contributed by atoms with Gasteiger partial charge in [0.1, 0.15) is 11.2 Å². The third-order valence-electron chi connectivity index (χ3n) is 10.4. The quantitative estimate of drug-likeness (QED) is 0.187. The van der Waals surface area contributed by atoms with E-state index in [1.54, 1.807) is 6.20 Å².